The van der Waals surface area contributed by atoms with Crippen molar-refractivity contribution >= 4 is 66.0 Å². The van der Waals surface area contributed by atoms with Crippen LogP contribution in [0, 0.1) is 0 Å². The first-order valence-electron chi connectivity index (χ1n) is 28.7. The molecule has 6 aromatic carbocycles. The lowest BCUT2D eigenvalue weighted by molar-refractivity contribution is 0.262. The Balaban J connectivity index is 1.71. The lowest BCUT2D eigenvalue weighted by atomic mass is 9.96. The van der Waals surface area contributed by atoms with Gasteiger partial charge in [-0.3, -0.25) is 0 Å². The van der Waals surface area contributed by atoms with Gasteiger partial charge in [-0.2, -0.15) is 0 Å². The van der Waals surface area contributed by atoms with Crippen LogP contribution in [0.15, 0.2) is 71.5 Å². The Morgan fingerprint density at radius 1 is 0.224 bits per heavy atom. The Hall–Kier alpha value is -7.00. The average molecular weight is 1030 g/mol. The molecule has 8 nitrogen and oxygen atoms in total. The number of rotatable bonds is 32. The van der Waals surface area contributed by atoms with Gasteiger partial charge >= 0.3 is 0 Å². The maximum atomic E-state index is 6.54. The molecule has 7 rings (SSSR count). The van der Waals surface area contributed by atoms with Crippen molar-refractivity contribution in [3.63, 3.8) is 0 Å². The van der Waals surface area contributed by atoms with Crippen molar-refractivity contribution in [2.24, 2.45) is 0 Å². The summed E-state index contributed by atoms with van der Waals surface area (Å²) in [5.74, 6) is 5.45. The number of hydrogen-bond acceptors (Lipinski definition) is 8. The van der Waals surface area contributed by atoms with Crippen molar-refractivity contribution in [1.82, 2.24) is 0 Å². The summed E-state index contributed by atoms with van der Waals surface area (Å²) in [6.45, 7) is 21.8. The summed E-state index contributed by atoms with van der Waals surface area (Å²) in [7, 11) is 0. The van der Waals surface area contributed by atoms with Crippen LogP contribution >= 0.6 is 0 Å². The van der Waals surface area contributed by atoms with E-state index in [1.165, 1.54) is 0 Å². The molecule has 0 saturated carbocycles. The molecule has 6 aromatic rings. The summed E-state index contributed by atoms with van der Waals surface area (Å²) >= 11 is 0. The zero-order valence-corrected chi connectivity index (χ0v) is 46.9. The van der Waals surface area contributed by atoms with E-state index in [0.717, 1.165) is 167 Å². The fourth-order valence-corrected chi connectivity index (χ4v) is 8.91. The smallest absolute Gasteiger partial charge is 0.161 e. The molecule has 0 bridgehead atoms. The summed E-state index contributed by atoms with van der Waals surface area (Å²) < 4.78 is 52.3. The van der Waals surface area contributed by atoms with Gasteiger partial charge in [-0.05, 0) is 144 Å². The van der Waals surface area contributed by atoms with Gasteiger partial charge < -0.3 is 37.9 Å². The highest BCUT2D eigenvalue weighted by molar-refractivity contribution is 6.11. The van der Waals surface area contributed by atoms with Gasteiger partial charge in [0.05, 0.1) is 52.9 Å². The van der Waals surface area contributed by atoms with Crippen LogP contribution in [-0.2, 0) is 0 Å². The molecular formula is C68H80O8. The molecule has 0 fully saturated rings. The van der Waals surface area contributed by atoms with Crippen molar-refractivity contribution in [2.45, 2.75) is 158 Å². The molecule has 1 aliphatic carbocycles. The molecule has 0 atom stereocenters. The van der Waals surface area contributed by atoms with Crippen LogP contribution in [0.5, 0.6) is 46.0 Å². The maximum absolute atomic E-state index is 6.54. The van der Waals surface area contributed by atoms with Crippen molar-refractivity contribution in [1.29, 1.82) is 0 Å². The minimum atomic E-state index is 0.557. The van der Waals surface area contributed by atoms with Crippen LogP contribution in [0.4, 0.5) is 0 Å². The highest BCUT2D eigenvalue weighted by Crippen LogP contribution is 2.40. The predicted molar refractivity (Wildman–Crippen MR) is 312 cm³/mol. The largest absolute Gasteiger partial charge is 0.490 e. The molecule has 0 heterocycles. The first kappa shape index (κ1) is 56.7. The molecule has 400 valence electrons. The molecule has 0 unspecified atom stereocenters. The molecule has 0 N–H and O–H groups in total. The Bertz CT molecular complexity index is 3020. The summed E-state index contributed by atoms with van der Waals surface area (Å²) in [6, 6.07) is 16.7. The third-order valence-electron chi connectivity index (χ3n) is 13.4. The second-order valence-electron chi connectivity index (χ2n) is 19.5. The highest BCUT2D eigenvalue weighted by Gasteiger charge is 2.20. The van der Waals surface area contributed by atoms with E-state index in [0.29, 0.717) is 98.9 Å². The molecule has 0 aromatic heterocycles. The first-order chi connectivity index (χ1) is 37.4. The Labute approximate surface area is 451 Å². The van der Waals surface area contributed by atoms with Crippen LogP contribution < -0.4 is 58.8 Å². The minimum absolute atomic E-state index is 0.557. The van der Waals surface area contributed by atoms with Gasteiger partial charge in [0, 0.05) is 42.4 Å². The molecule has 1 aliphatic rings. The maximum Gasteiger partial charge on any atom is 0.161 e. The summed E-state index contributed by atoms with van der Waals surface area (Å²) in [6.07, 6.45) is 15.4. The van der Waals surface area contributed by atoms with Crippen molar-refractivity contribution in [2.75, 3.05) is 52.9 Å². The van der Waals surface area contributed by atoms with Crippen LogP contribution in [0.2, 0.25) is 0 Å². The Kier molecular flexibility index (Phi) is 22.3. The molecule has 8 heteroatoms. The number of hydrogen-bond donors (Lipinski definition) is 0. The summed E-state index contributed by atoms with van der Waals surface area (Å²) in [5.41, 5.74) is 27.5. The fourth-order valence-electron chi connectivity index (χ4n) is 8.91. The molecule has 0 spiro atoms. The summed E-state index contributed by atoms with van der Waals surface area (Å²) in [5, 5.41) is 10.1. The molecule has 76 heavy (non-hydrogen) atoms. The standard InChI is InChI=1S/C68H80O8/c1-9-17-33-69-61-41-53-49-29-25-26-31-51-52(32-28-27-30-50(49)54-42-62(70-34-18-10-2)66(74-38-22-14-6)46-58(54)57(53)45-65(61)73-37-21-13-5)56-44-64(72-36-20-12-4)68(76-40-24-16-8)48-60(56)59-47-67(75-39-23-15-7)63(43-55(51)59)71-35-19-11-3/h41-48H,9-24,33-40H2,1-8H3. The molecule has 0 amide bonds. The molecule has 0 saturated heterocycles. The van der Waals surface area contributed by atoms with Gasteiger partial charge in [0.15, 0.2) is 46.0 Å². The zero-order valence-electron chi connectivity index (χ0n) is 46.9. The van der Waals surface area contributed by atoms with Crippen molar-refractivity contribution in [3.8, 4) is 46.0 Å². The van der Waals surface area contributed by atoms with E-state index >= 15 is 0 Å². The van der Waals surface area contributed by atoms with E-state index in [1.807, 2.05) is 0 Å². The average Bonchev–Trinajstić information content (AvgIpc) is 3.51. The van der Waals surface area contributed by atoms with E-state index in [9.17, 15) is 0 Å². The third-order valence-corrected chi connectivity index (χ3v) is 13.4. The van der Waals surface area contributed by atoms with Crippen LogP contribution in [-0.4, -0.2) is 52.9 Å². The van der Waals surface area contributed by atoms with Crippen LogP contribution in [0.1, 0.15) is 158 Å². The van der Waals surface area contributed by atoms with Crippen molar-refractivity contribution < 1.29 is 37.9 Å². The number of fused-ring (bicyclic) bond motifs is 12. The van der Waals surface area contributed by atoms with Gasteiger partial charge in [-0.15, -0.1) is 0 Å². The Morgan fingerprint density at radius 3 is 0.513 bits per heavy atom. The number of ether oxygens (including phenoxy) is 8. The van der Waals surface area contributed by atoms with Gasteiger partial charge in [-0.25, -0.2) is 0 Å². The number of benzene rings is 6. The van der Waals surface area contributed by atoms with Gasteiger partial charge in [-0.1, -0.05) is 130 Å². The topological polar surface area (TPSA) is 73.8 Å². The van der Waals surface area contributed by atoms with Gasteiger partial charge in [0.25, 0.3) is 0 Å². The van der Waals surface area contributed by atoms with Crippen molar-refractivity contribution in [3.05, 3.63) is 92.3 Å². The van der Waals surface area contributed by atoms with E-state index in [4.69, 9.17) is 37.9 Å². The third kappa shape index (κ3) is 14.3. The number of unbranched alkanes of at least 4 members (excludes halogenated alkanes) is 8. The Morgan fingerprint density at radius 2 is 0.368 bits per heavy atom. The normalized spacial score (nSPS) is 11.4. The van der Waals surface area contributed by atoms with Crippen LogP contribution in [0.3, 0.4) is 0 Å². The minimum Gasteiger partial charge on any atom is -0.490 e. The predicted octanol–water partition coefficient (Wildman–Crippen LogP) is 14.7. The lowest BCUT2D eigenvalue weighted by Crippen LogP contribution is -2.25. The van der Waals surface area contributed by atoms with E-state index < -0.39 is 0 Å². The first-order valence-corrected chi connectivity index (χ1v) is 28.7. The quantitative estimate of drug-likeness (QED) is 0.0235. The molecular weight excluding hydrogens is 945 g/mol. The monoisotopic (exact) mass is 1020 g/mol. The SMILES string of the molecule is CCCCOc1cc2c3c(c4cc(OCCCC)c(OCCCC)cc4c2cc1OCCCC)=C=C=C=C=c1c(c2cc(OCCCC)c(OCCCC)cc2c2cc(OCCCC)c(OCCCC)cc12)=C=C=C=C=3. The van der Waals surface area contributed by atoms with Crippen LogP contribution in [0.25, 0.3) is 66.0 Å². The molecule has 0 aliphatic heterocycles. The van der Waals surface area contributed by atoms with E-state index in [2.05, 4.69) is 150 Å². The zero-order chi connectivity index (χ0) is 53.5. The lowest BCUT2D eigenvalue weighted by Gasteiger charge is -2.17. The second-order valence-corrected chi connectivity index (χ2v) is 19.5. The van der Waals surface area contributed by atoms with Gasteiger partial charge in [0.2, 0.25) is 0 Å². The van der Waals surface area contributed by atoms with Gasteiger partial charge in [0.1, 0.15) is 0 Å². The summed E-state index contributed by atoms with van der Waals surface area (Å²) in [4.78, 5) is 0. The van der Waals surface area contributed by atoms with E-state index in [1.54, 1.807) is 0 Å². The fraction of sp³-hybridized carbons (Fsp3) is 0.471. The second kappa shape index (κ2) is 29.9. The van der Waals surface area contributed by atoms with E-state index in [-0.39, 0.29) is 0 Å². The highest BCUT2D eigenvalue weighted by atomic mass is 16.5. The molecule has 0 radical (unpaired) electrons.